The summed E-state index contributed by atoms with van der Waals surface area (Å²) in [4.78, 5) is 37.0. The molecule has 1 aliphatic heterocycles. The number of aliphatic hydroxyl groups is 1. The standard InChI is InChI=1S/C21H36N2O5/c1-15(13-24)22-18(25)12-16-10-8-6-5-7-9-11-19(26)28-14-17(21(2,3)4)23-20(16)27/h6,8,15-17,24H,5,7,9-14H2,1-4H3,(H,22,25)(H,23,27). The number of cyclic esters (lactones) is 1. The summed E-state index contributed by atoms with van der Waals surface area (Å²) in [7, 11) is 0. The number of allylic oxidation sites excluding steroid dienone is 2. The van der Waals surface area contributed by atoms with E-state index >= 15 is 0 Å². The van der Waals surface area contributed by atoms with Crippen molar-refractivity contribution in [1.29, 1.82) is 0 Å². The van der Waals surface area contributed by atoms with Crippen LogP contribution >= 0.6 is 0 Å². The molecule has 0 radical (unpaired) electrons. The van der Waals surface area contributed by atoms with E-state index in [2.05, 4.69) is 10.6 Å². The highest BCUT2D eigenvalue weighted by atomic mass is 16.5. The molecule has 0 aliphatic carbocycles. The molecule has 28 heavy (non-hydrogen) atoms. The van der Waals surface area contributed by atoms with Crippen LogP contribution in [0.1, 0.15) is 66.2 Å². The molecule has 2 amide bonds. The molecule has 1 aliphatic rings. The summed E-state index contributed by atoms with van der Waals surface area (Å²) in [5.74, 6) is -1.27. The Kier molecular flexibility index (Phi) is 10.2. The third kappa shape index (κ3) is 9.35. The fourth-order valence-electron chi connectivity index (χ4n) is 2.84. The second kappa shape index (κ2) is 11.8. The molecule has 0 aromatic heterocycles. The monoisotopic (exact) mass is 396 g/mol. The van der Waals surface area contributed by atoms with Crippen molar-refractivity contribution in [1.82, 2.24) is 10.6 Å². The van der Waals surface area contributed by atoms with E-state index in [9.17, 15) is 14.4 Å². The fraction of sp³-hybridized carbons (Fsp3) is 0.762. The SMILES string of the molecule is CC(CO)NC(=O)CC1CC=CCCCCC(=O)OCC(C(C)(C)C)NC1=O. The number of carbonyl (C=O) groups is 3. The highest BCUT2D eigenvalue weighted by molar-refractivity contribution is 5.86. The molecular formula is C21H36N2O5. The van der Waals surface area contributed by atoms with Crippen LogP contribution in [0.2, 0.25) is 0 Å². The fourth-order valence-corrected chi connectivity index (χ4v) is 2.84. The normalized spacial score (nSPS) is 23.9. The second-order valence-electron chi connectivity index (χ2n) is 8.62. The summed E-state index contributed by atoms with van der Waals surface area (Å²) in [6, 6.07) is -0.704. The minimum absolute atomic E-state index is 0.0389. The van der Waals surface area contributed by atoms with Crippen LogP contribution in [0, 0.1) is 11.3 Å². The van der Waals surface area contributed by atoms with Gasteiger partial charge in [0.2, 0.25) is 11.8 Å². The van der Waals surface area contributed by atoms with Crippen LogP contribution in [0.4, 0.5) is 0 Å². The van der Waals surface area contributed by atoms with Crippen LogP contribution in [0.25, 0.3) is 0 Å². The van der Waals surface area contributed by atoms with Gasteiger partial charge < -0.3 is 20.5 Å². The van der Waals surface area contributed by atoms with Gasteiger partial charge in [-0.2, -0.15) is 0 Å². The molecule has 0 bridgehead atoms. The predicted molar refractivity (Wildman–Crippen MR) is 107 cm³/mol. The molecule has 0 aromatic rings. The number of nitrogens with one attached hydrogen (secondary N) is 2. The Morgan fingerprint density at radius 1 is 1.32 bits per heavy atom. The zero-order valence-electron chi connectivity index (χ0n) is 17.6. The lowest BCUT2D eigenvalue weighted by molar-refractivity contribution is -0.146. The second-order valence-corrected chi connectivity index (χ2v) is 8.62. The van der Waals surface area contributed by atoms with Crippen molar-refractivity contribution in [2.45, 2.75) is 78.3 Å². The first-order valence-electron chi connectivity index (χ1n) is 10.1. The lowest BCUT2D eigenvalue weighted by Gasteiger charge is -2.32. The van der Waals surface area contributed by atoms with Gasteiger partial charge in [-0.15, -0.1) is 0 Å². The van der Waals surface area contributed by atoms with E-state index in [1.165, 1.54) is 0 Å². The zero-order valence-corrected chi connectivity index (χ0v) is 17.6. The van der Waals surface area contributed by atoms with Gasteiger partial charge in [0.1, 0.15) is 6.61 Å². The van der Waals surface area contributed by atoms with Gasteiger partial charge in [0.05, 0.1) is 18.6 Å². The maximum absolute atomic E-state index is 12.9. The Morgan fingerprint density at radius 3 is 2.68 bits per heavy atom. The Labute approximate surface area is 168 Å². The number of amides is 2. The van der Waals surface area contributed by atoms with Gasteiger partial charge in [0, 0.05) is 18.9 Å². The van der Waals surface area contributed by atoms with Gasteiger partial charge >= 0.3 is 5.97 Å². The van der Waals surface area contributed by atoms with E-state index < -0.39 is 5.92 Å². The minimum Gasteiger partial charge on any atom is -0.463 e. The van der Waals surface area contributed by atoms with Gasteiger partial charge in [-0.3, -0.25) is 14.4 Å². The summed E-state index contributed by atoms with van der Waals surface area (Å²) in [5.41, 5.74) is -0.305. The van der Waals surface area contributed by atoms with Crippen LogP contribution in [-0.4, -0.2) is 48.2 Å². The molecule has 0 saturated carbocycles. The van der Waals surface area contributed by atoms with Crippen LogP contribution in [0.5, 0.6) is 0 Å². The lowest BCUT2D eigenvalue weighted by Crippen LogP contribution is -2.49. The van der Waals surface area contributed by atoms with Crippen LogP contribution in [0.3, 0.4) is 0 Å². The Balaban J connectivity index is 2.92. The molecule has 0 saturated heterocycles. The zero-order chi connectivity index (χ0) is 21.2. The number of aliphatic hydroxyl groups excluding tert-OH is 1. The number of ether oxygens (including phenoxy) is 1. The first kappa shape index (κ1) is 24.1. The highest BCUT2D eigenvalue weighted by Gasteiger charge is 2.31. The summed E-state index contributed by atoms with van der Waals surface area (Å²) in [6.45, 7) is 7.58. The van der Waals surface area contributed by atoms with Crippen molar-refractivity contribution in [3.63, 3.8) is 0 Å². The number of hydrogen-bond acceptors (Lipinski definition) is 5. The van der Waals surface area contributed by atoms with E-state index in [4.69, 9.17) is 9.84 Å². The smallest absolute Gasteiger partial charge is 0.305 e. The van der Waals surface area contributed by atoms with Crippen LogP contribution in [0.15, 0.2) is 12.2 Å². The van der Waals surface area contributed by atoms with E-state index in [0.717, 1.165) is 19.3 Å². The molecule has 7 nitrogen and oxygen atoms in total. The van der Waals surface area contributed by atoms with E-state index in [1.807, 2.05) is 32.9 Å². The first-order valence-corrected chi connectivity index (χ1v) is 10.1. The molecule has 1 rings (SSSR count). The first-order chi connectivity index (χ1) is 13.1. The maximum atomic E-state index is 12.9. The molecule has 0 aromatic carbocycles. The largest absolute Gasteiger partial charge is 0.463 e. The highest BCUT2D eigenvalue weighted by Crippen LogP contribution is 2.22. The van der Waals surface area contributed by atoms with E-state index in [1.54, 1.807) is 6.92 Å². The predicted octanol–water partition coefficient (Wildman–Crippen LogP) is 2.08. The topological polar surface area (TPSA) is 105 Å². The third-order valence-corrected chi connectivity index (χ3v) is 4.85. The number of esters is 1. The van der Waals surface area contributed by atoms with Gasteiger partial charge in [-0.1, -0.05) is 32.9 Å². The molecule has 160 valence electrons. The van der Waals surface area contributed by atoms with Crippen molar-refractivity contribution in [2.75, 3.05) is 13.2 Å². The summed E-state index contributed by atoms with van der Waals surface area (Å²) >= 11 is 0. The maximum Gasteiger partial charge on any atom is 0.305 e. The summed E-state index contributed by atoms with van der Waals surface area (Å²) in [5, 5.41) is 14.8. The van der Waals surface area contributed by atoms with E-state index in [0.29, 0.717) is 12.8 Å². The minimum atomic E-state index is -0.523. The Morgan fingerprint density at radius 2 is 2.04 bits per heavy atom. The molecule has 0 fully saturated rings. The van der Waals surface area contributed by atoms with Gasteiger partial charge in [-0.25, -0.2) is 0 Å². The average Bonchev–Trinajstić information content (AvgIpc) is 2.61. The lowest BCUT2D eigenvalue weighted by atomic mass is 9.86. The van der Waals surface area contributed by atoms with Crippen molar-refractivity contribution in [2.24, 2.45) is 11.3 Å². The van der Waals surface area contributed by atoms with Gasteiger partial charge in [0.15, 0.2) is 0 Å². The number of rotatable bonds is 4. The molecule has 3 unspecified atom stereocenters. The van der Waals surface area contributed by atoms with E-state index in [-0.39, 0.29) is 54.9 Å². The quantitative estimate of drug-likeness (QED) is 0.498. The van der Waals surface area contributed by atoms with Crippen molar-refractivity contribution in [3.8, 4) is 0 Å². The Bertz CT molecular complexity index is 553. The summed E-state index contributed by atoms with van der Waals surface area (Å²) in [6.07, 6.45) is 7.27. The molecule has 3 atom stereocenters. The Hall–Kier alpha value is -1.89. The number of carbonyl (C=O) groups excluding carboxylic acids is 3. The molecule has 1 heterocycles. The third-order valence-electron chi connectivity index (χ3n) is 4.85. The van der Waals surface area contributed by atoms with Crippen LogP contribution < -0.4 is 10.6 Å². The average molecular weight is 397 g/mol. The summed E-state index contributed by atoms with van der Waals surface area (Å²) < 4.78 is 5.38. The van der Waals surface area contributed by atoms with Crippen molar-refractivity contribution in [3.05, 3.63) is 12.2 Å². The molecular weight excluding hydrogens is 360 g/mol. The van der Waals surface area contributed by atoms with Gasteiger partial charge in [0.25, 0.3) is 0 Å². The number of hydrogen-bond donors (Lipinski definition) is 3. The molecule has 7 heteroatoms. The molecule has 3 N–H and O–H groups in total. The van der Waals surface area contributed by atoms with Crippen molar-refractivity contribution < 1.29 is 24.2 Å². The van der Waals surface area contributed by atoms with Crippen LogP contribution in [-0.2, 0) is 19.1 Å². The van der Waals surface area contributed by atoms with Crippen molar-refractivity contribution >= 4 is 17.8 Å². The van der Waals surface area contributed by atoms with Gasteiger partial charge in [-0.05, 0) is 38.0 Å². The molecule has 0 spiro atoms.